The fourth-order valence-electron chi connectivity index (χ4n) is 2.04. The molecule has 1 N–H and O–H groups in total. The fourth-order valence-corrected chi connectivity index (χ4v) is 2.04. The Hall–Kier alpha value is -0.800. The van der Waals surface area contributed by atoms with E-state index in [0.29, 0.717) is 6.04 Å². The van der Waals surface area contributed by atoms with Crippen LogP contribution < -0.4 is 5.32 Å². The van der Waals surface area contributed by atoms with E-state index in [9.17, 15) is 0 Å². The molecular weight excluding hydrogens is 236 g/mol. The standard InChI is InChI=1S/C16H30N2O/c1-7-8-13(2)18(6)12-15-14(9-10-19-15)11-17-16(3,4)5/h9-10,13,17H,7-8,11-12H2,1-6H3. The molecule has 0 fully saturated rings. The molecule has 0 aliphatic heterocycles. The summed E-state index contributed by atoms with van der Waals surface area (Å²) in [6, 6.07) is 2.67. The molecule has 0 aliphatic rings. The van der Waals surface area contributed by atoms with Gasteiger partial charge in [0, 0.05) is 23.7 Å². The van der Waals surface area contributed by atoms with Crippen LogP contribution in [-0.4, -0.2) is 23.5 Å². The summed E-state index contributed by atoms with van der Waals surface area (Å²) in [4.78, 5) is 2.36. The zero-order chi connectivity index (χ0) is 14.5. The minimum absolute atomic E-state index is 0.135. The number of hydrogen-bond acceptors (Lipinski definition) is 3. The van der Waals surface area contributed by atoms with Crippen LogP contribution in [0.4, 0.5) is 0 Å². The van der Waals surface area contributed by atoms with Gasteiger partial charge in [-0.15, -0.1) is 0 Å². The van der Waals surface area contributed by atoms with Crippen molar-refractivity contribution in [2.24, 2.45) is 0 Å². The average Bonchev–Trinajstić information content (AvgIpc) is 2.73. The first-order valence-electron chi connectivity index (χ1n) is 7.34. The average molecular weight is 266 g/mol. The van der Waals surface area contributed by atoms with Crippen LogP contribution in [0.3, 0.4) is 0 Å². The van der Waals surface area contributed by atoms with E-state index in [2.05, 4.69) is 57.9 Å². The van der Waals surface area contributed by atoms with Gasteiger partial charge in [-0.05, 0) is 47.2 Å². The van der Waals surface area contributed by atoms with E-state index in [1.807, 2.05) is 0 Å². The first-order chi connectivity index (χ1) is 8.83. The Morgan fingerprint density at radius 3 is 2.63 bits per heavy atom. The highest BCUT2D eigenvalue weighted by Gasteiger charge is 2.15. The molecule has 1 aromatic heterocycles. The maximum atomic E-state index is 5.65. The summed E-state index contributed by atoms with van der Waals surface area (Å²) >= 11 is 0. The summed E-state index contributed by atoms with van der Waals surface area (Å²) in [6.07, 6.45) is 4.25. The van der Waals surface area contributed by atoms with Gasteiger partial charge in [0.05, 0.1) is 12.8 Å². The maximum absolute atomic E-state index is 5.65. The van der Waals surface area contributed by atoms with Crippen molar-refractivity contribution in [3.8, 4) is 0 Å². The SMILES string of the molecule is CCCC(C)N(C)Cc1occc1CNC(C)(C)C. The second-order valence-corrected chi connectivity index (χ2v) is 6.53. The third kappa shape index (κ3) is 5.79. The van der Waals surface area contributed by atoms with Crippen molar-refractivity contribution in [2.75, 3.05) is 7.05 Å². The lowest BCUT2D eigenvalue weighted by atomic mass is 10.1. The van der Waals surface area contributed by atoms with Crippen molar-refractivity contribution in [1.29, 1.82) is 0 Å². The van der Waals surface area contributed by atoms with Crippen LogP contribution in [0, 0.1) is 0 Å². The molecule has 3 heteroatoms. The highest BCUT2D eigenvalue weighted by molar-refractivity contribution is 5.17. The molecule has 0 amide bonds. The minimum Gasteiger partial charge on any atom is -0.468 e. The largest absolute Gasteiger partial charge is 0.468 e. The lowest BCUT2D eigenvalue weighted by Crippen LogP contribution is -2.35. The topological polar surface area (TPSA) is 28.4 Å². The first kappa shape index (κ1) is 16.3. The fraction of sp³-hybridized carbons (Fsp3) is 0.750. The first-order valence-corrected chi connectivity index (χ1v) is 7.34. The van der Waals surface area contributed by atoms with Gasteiger partial charge in [0.2, 0.25) is 0 Å². The zero-order valence-corrected chi connectivity index (χ0v) is 13.4. The molecule has 1 unspecified atom stereocenters. The predicted octanol–water partition coefficient (Wildman–Crippen LogP) is 3.79. The van der Waals surface area contributed by atoms with E-state index >= 15 is 0 Å². The second-order valence-electron chi connectivity index (χ2n) is 6.53. The molecule has 110 valence electrons. The van der Waals surface area contributed by atoms with E-state index < -0.39 is 0 Å². The van der Waals surface area contributed by atoms with E-state index in [1.165, 1.54) is 18.4 Å². The van der Waals surface area contributed by atoms with Gasteiger partial charge in [0.1, 0.15) is 5.76 Å². The normalized spacial score (nSPS) is 14.1. The molecule has 0 saturated heterocycles. The highest BCUT2D eigenvalue weighted by atomic mass is 16.3. The lowest BCUT2D eigenvalue weighted by molar-refractivity contribution is 0.217. The van der Waals surface area contributed by atoms with Gasteiger partial charge in [0.15, 0.2) is 0 Å². The maximum Gasteiger partial charge on any atom is 0.122 e. The number of hydrogen-bond donors (Lipinski definition) is 1. The van der Waals surface area contributed by atoms with Crippen molar-refractivity contribution in [1.82, 2.24) is 10.2 Å². The Kier molecular flexibility index (Phi) is 6.08. The van der Waals surface area contributed by atoms with Crippen LogP contribution in [0.15, 0.2) is 16.7 Å². The number of furan rings is 1. The molecule has 1 rings (SSSR count). The second kappa shape index (κ2) is 7.11. The Morgan fingerprint density at radius 1 is 1.37 bits per heavy atom. The lowest BCUT2D eigenvalue weighted by Gasteiger charge is -2.24. The van der Waals surface area contributed by atoms with Crippen LogP contribution in [0.1, 0.15) is 58.8 Å². The van der Waals surface area contributed by atoms with Gasteiger partial charge < -0.3 is 9.73 Å². The summed E-state index contributed by atoms with van der Waals surface area (Å²) in [5, 5.41) is 3.51. The molecule has 1 atom stereocenters. The Bertz CT molecular complexity index is 365. The molecular formula is C16H30N2O. The molecule has 3 nitrogen and oxygen atoms in total. The van der Waals surface area contributed by atoms with Crippen LogP contribution in [0.2, 0.25) is 0 Å². The molecule has 0 spiro atoms. The van der Waals surface area contributed by atoms with Gasteiger partial charge >= 0.3 is 0 Å². The summed E-state index contributed by atoms with van der Waals surface area (Å²) in [5.74, 6) is 1.09. The monoisotopic (exact) mass is 266 g/mol. The van der Waals surface area contributed by atoms with E-state index in [-0.39, 0.29) is 5.54 Å². The molecule has 1 aromatic rings. The Labute approximate surface area is 118 Å². The molecule has 0 saturated carbocycles. The molecule has 0 bridgehead atoms. The quantitative estimate of drug-likeness (QED) is 0.814. The van der Waals surface area contributed by atoms with Crippen molar-refractivity contribution < 1.29 is 4.42 Å². The molecule has 0 aliphatic carbocycles. The number of nitrogens with one attached hydrogen (secondary N) is 1. The van der Waals surface area contributed by atoms with E-state index in [4.69, 9.17) is 4.42 Å². The van der Waals surface area contributed by atoms with Crippen LogP contribution in [-0.2, 0) is 13.1 Å². The smallest absolute Gasteiger partial charge is 0.122 e. The summed E-state index contributed by atoms with van der Waals surface area (Å²) in [7, 11) is 2.17. The molecule has 1 heterocycles. The summed E-state index contributed by atoms with van der Waals surface area (Å²) in [6.45, 7) is 12.8. The van der Waals surface area contributed by atoms with Crippen molar-refractivity contribution in [3.05, 3.63) is 23.7 Å². The minimum atomic E-state index is 0.135. The van der Waals surface area contributed by atoms with Crippen molar-refractivity contribution >= 4 is 0 Å². The third-order valence-corrected chi connectivity index (χ3v) is 3.50. The van der Waals surface area contributed by atoms with Gasteiger partial charge in [-0.1, -0.05) is 13.3 Å². The van der Waals surface area contributed by atoms with Crippen LogP contribution in [0.5, 0.6) is 0 Å². The zero-order valence-electron chi connectivity index (χ0n) is 13.4. The molecule has 0 radical (unpaired) electrons. The van der Waals surface area contributed by atoms with Gasteiger partial charge in [-0.25, -0.2) is 0 Å². The van der Waals surface area contributed by atoms with Crippen molar-refractivity contribution in [3.63, 3.8) is 0 Å². The molecule has 19 heavy (non-hydrogen) atoms. The van der Waals surface area contributed by atoms with E-state index in [0.717, 1.165) is 18.8 Å². The molecule has 0 aromatic carbocycles. The summed E-state index contributed by atoms with van der Waals surface area (Å²) < 4.78 is 5.65. The van der Waals surface area contributed by atoms with Crippen molar-refractivity contribution in [2.45, 2.75) is 72.1 Å². The van der Waals surface area contributed by atoms with Gasteiger partial charge in [0.25, 0.3) is 0 Å². The Balaban J connectivity index is 2.57. The predicted molar refractivity (Wildman–Crippen MR) is 81.1 cm³/mol. The summed E-state index contributed by atoms with van der Waals surface area (Å²) in [5.41, 5.74) is 1.40. The Morgan fingerprint density at radius 2 is 2.05 bits per heavy atom. The third-order valence-electron chi connectivity index (χ3n) is 3.50. The van der Waals surface area contributed by atoms with Crippen LogP contribution in [0.25, 0.3) is 0 Å². The number of rotatable bonds is 7. The van der Waals surface area contributed by atoms with Crippen LogP contribution >= 0.6 is 0 Å². The van der Waals surface area contributed by atoms with Gasteiger partial charge in [-0.2, -0.15) is 0 Å². The number of nitrogens with zero attached hydrogens (tertiary/aromatic N) is 1. The highest BCUT2D eigenvalue weighted by Crippen LogP contribution is 2.16. The van der Waals surface area contributed by atoms with Gasteiger partial charge in [-0.3, -0.25) is 4.90 Å². The van der Waals surface area contributed by atoms with E-state index in [1.54, 1.807) is 6.26 Å².